The van der Waals surface area contributed by atoms with Crippen LogP contribution in [-0.2, 0) is 12.3 Å². The molecule has 106 valence electrons. The first-order chi connectivity index (χ1) is 9.69. The van der Waals surface area contributed by atoms with Gasteiger partial charge in [-0.15, -0.1) is 11.8 Å². The third-order valence-corrected chi connectivity index (χ3v) is 5.20. The Balaban J connectivity index is 1.97. The van der Waals surface area contributed by atoms with Crippen molar-refractivity contribution in [1.82, 2.24) is 5.32 Å². The molecule has 0 unspecified atom stereocenters. The standard InChI is InChI=1S/C16H17BrClNS/c1-2-19-10-13-5-8-16(15(17)9-13)20-11-12-3-6-14(18)7-4-12/h3-9,19H,2,10-11H2,1H3. The van der Waals surface area contributed by atoms with Gasteiger partial charge in [-0.3, -0.25) is 0 Å². The molecule has 2 aromatic rings. The summed E-state index contributed by atoms with van der Waals surface area (Å²) < 4.78 is 1.16. The topological polar surface area (TPSA) is 12.0 Å². The predicted octanol–water partition coefficient (Wildman–Crippen LogP) is 5.50. The maximum absolute atomic E-state index is 5.89. The number of benzene rings is 2. The van der Waals surface area contributed by atoms with E-state index in [2.05, 4.69) is 58.5 Å². The Labute approximate surface area is 138 Å². The average Bonchev–Trinajstić information content (AvgIpc) is 2.46. The zero-order chi connectivity index (χ0) is 14.4. The summed E-state index contributed by atoms with van der Waals surface area (Å²) in [5.74, 6) is 0.947. The second-order valence-electron chi connectivity index (χ2n) is 4.46. The lowest BCUT2D eigenvalue weighted by molar-refractivity contribution is 0.726. The van der Waals surface area contributed by atoms with Crippen molar-refractivity contribution >= 4 is 39.3 Å². The third-order valence-electron chi connectivity index (χ3n) is 2.88. The van der Waals surface area contributed by atoms with E-state index in [0.29, 0.717) is 0 Å². The first-order valence-corrected chi connectivity index (χ1v) is 8.71. The van der Waals surface area contributed by atoms with Gasteiger partial charge in [-0.2, -0.15) is 0 Å². The van der Waals surface area contributed by atoms with E-state index >= 15 is 0 Å². The first kappa shape index (κ1) is 15.9. The van der Waals surface area contributed by atoms with E-state index in [4.69, 9.17) is 11.6 Å². The fourth-order valence-corrected chi connectivity index (χ4v) is 3.55. The van der Waals surface area contributed by atoms with Crippen LogP contribution in [0.3, 0.4) is 0 Å². The van der Waals surface area contributed by atoms with E-state index < -0.39 is 0 Å². The van der Waals surface area contributed by atoms with Crippen LogP contribution in [-0.4, -0.2) is 6.54 Å². The molecule has 0 aliphatic rings. The molecule has 0 saturated carbocycles. The molecule has 2 aromatic carbocycles. The van der Waals surface area contributed by atoms with Gasteiger partial charge in [0.2, 0.25) is 0 Å². The van der Waals surface area contributed by atoms with Crippen molar-refractivity contribution in [3.05, 3.63) is 63.1 Å². The number of hydrogen-bond acceptors (Lipinski definition) is 2. The Morgan fingerprint density at radius 2 is 1.80 bits per heavy atom. The molecule has 2 rings (SSSR count). The Kier molecular flexibility index (Phi) is 6.43. The summed E-state index contributed by atoms with van der Waals surface area (Å²) in [5.41, 5.74) is 2.58. The second kappa shape index (κ2) is 8.08. The van der Waals surface area contributed by atoms with E-state index in [-0.39, 0.29) is 0 Å². The van der Waals surface area contributed by atoms with Crippen LogP contribution in [0.2, 0.25) is 5.02 Å². The summed E-state index contributed by atoms with van der Waals surface area (Å²) in [5, 5.41) is 4.12. The van der Waals surface area contributed by atoms with Gasteiger partial charge in [0.25, 0.3) is 0 Å². The van der Waals surface area contributed by atoms with Crippen LogP contribution in [0.5, 0.6) is 0 Å². The summed E-state index contributed by atoms with van der Waals surface area (Å²) in [6.45, 7) is 4.02. The number of hydrogen-bond donors (Lipinski definition) is 1. The van der Waals surface area contributed by atoms with Crippen molar-refractivity contribution in [2.24, 2.45) is 0 Å². The van der Waals surface area contributed by atoms with Crippen LogP contribution in [0.1, 0.15) is 18.1 Å². The van der Waals surface area contributed by atoms with Gasteiger partial charge in [-0.1, -0.05) is 36.7 Å². The SMILES string of the molecule is CCNCc1ccc(SCc2ccc(Cl)cc2)c(Br)c1. The van der Waals surface area contributed by atoms with Crippen molar-refractivity contribution in [2.75, 3.05) is 6.54 Å². The molecule has 0 aliphatic heterocycles. The molecule has 0 aliphatic carbocycles. The maximum Gasteiger partial charge on any atom is 0.0406 e. The lowest BCUT2D eigenvalue weighted by Crippen LogP contribution is -2.11. The normalized spacial score (nSPS) is 10.8. The van der Waals surface area contributed by atoms with E-state index in [0.717, 1.165) is 28.3 Å². The smallest absolute Gasteiger partial charge is 0.0406 e. The van der Waals surface area contributed by atoms with Crippen molar-refractivity contribution in [3.8, 4) is 0 Å². The molecule has 20 heavy (non-hydrogen) atoms. The zero-order valence-electron chi connectivity index (χ0n) is 11.3. The minimum atomic E-state index is 0.785. The Morgan fingerprint density at radius 3 is 2.45 bits per heavy atom. The summed E-state index contributed by atoms with van der Waals surface area (Å²) in [6, 6.07) is 14.6. The molecule has 0 fully saturated rings. The highest BCUT2D eigenvalue weighted by Gasteiger charge is 2.03. The van der Waals surface area contributed by atoms with Crippen LogP contribution in [0.4, 0.5) is 0 Å². The van der Waals surface area contributed by atoms with Gasteiger partial charge in [0.1, 0.15) is 0 Å². The van der Waals surface area contributed by atoms with Crippen LogP contribution < -0.4 is 5.32 Å². The molecule has 0 amide bonds. The maximum atomic E-state index is 5.89. The van der Waals surface area contributed by atoms with Crippen molar-refractivity contribution in [1.29, 1.82) is 0 Å². The van der Waals surface area contributed by atoms with Crippen LogP contribution in [0.25, 0.3) is 0 Å². The van der Waals surface area contributed by atoms with Gasteiger partial charge in [0.05, 0.1) is 0 Å². The summed E-state index contributed by atoms with van der Waals surface area (Å²) in [7, 11) is 0. The summed E-state index contributed by atoms with van der Waals surface area (Å²) in [4.78, 5) is 1.26. The average molecular weight is 371 g/mol. The van der Waals surface area contributed by atoms with Crippen LogP contribution in [0.15, 0.2) is 51.8 Å². The van der Waals surface area contributed by atoms with Crippen molar-refractivity contribution in [3.63, 3.8) is 0 Å². The summed E-state index contributed by atoms with van der Waals surface area (Å²) in [6.07, 6.45) is 0. The van der Waals surface area contributed by atoms with E-state index in [9.17, 15) is 0 Å². The fourth-order valence-electron chi connectivity index (χ4n) is 1.78. The lowest BCUT2D eigenvalue weighted by Gasteiger charge is -2.08. The number of rotatable bonds is 6. The minimum Gasteiger partial charge on any atom is -0.313 e. The lowest BCUT2D eigenvalue weighted by atomic mass is 10.2. The molecule has 0 saturated heterocycles. The van der Waals surface area contributed by atoms with E-state index in [1.54, 1.807) is 0 Å². The molecule has 1 nitrogen and oxygen atoms in total. The Hall–Kier alpha value is -0.480. The first-order valence-electron chi connectivity index (χ1n) is 6.55. The van der Waals surface area contributed by atoms with Gasteiger partial charge in [-0.25, -0.2) is 0 Å². The zero-order valence-corrected chi connectivity index (χ0v) is 14.5. The molecular formula is C16H17BrClNS. The quantitative estimate of drug-likeness (QED) is 0.673. The fraction of sp³-hybridized carbons (Fsp3) is 0.250. The summed E-state index contributed by atoms with van der Waals surface area (Å²) >= 11 is 11.4. The molecule has 0 bridgehead atoms. The largest absolute Gasteiger partial charge is 0.313 e. The minimum absolute atomic E-state index is 0.785. The van der Waals surface area contributed by atoms with Gasteiger partial charge in [0, 0.05) is 26.7 Å². The Morgan fingerprint density at radius 1 is 1.10 bits per heavy atom. The van der Waals surface area contributed by atoms with Gasteiger partial charge < -0.3 is 5.32 Å². The molecular weight excluding hydrogens is 354 g/mol. The monoisotopic (exact) mass is 369 g/mol. The predicted molar refractivity (Wildman–Crippen MR) is 92.5 cm³/mol. The Bertz CT molecular complexity index is 557. The van der Waals surface area contributed by atoms with Crippen molar-refractivity contribution in [2.45, 2.75) is 24.1 Å². The van der Waals surface area contributed by atoms with Gasteiger partial charge >= 0.3 is 0 Å². The van der Waals surface area contributed by atoms with Crippen molar-refractivity contribution < 1.29 is 0 Å². The molecule has 0 aromatic heterocycles. The number of nitrogens with one attached hydrogen (secondary N) is 1. The number of thioether (sulfide) groups is 1. The van der Waals surface area contributed by atoms with E-state index in [1.807, 2.05) is 23.9 Å². The van der Waals surface area contributed by atoms with Crippen LogP contribution >= 0.6 is 39.3 Å². The van der Waals surface area contributed by atoms with Crippen LogP contribution in [0, 0.1) is 0 Å². The van der Waals surface area contributed by atoms with Gasteiger partial charge in [-0.05, 0) is 57.9 Å². The second-order valence-corrected chi connectivity index (χ2v) is 6.77. The highest BCUT2D eigenvalue weighted by atomic mass is 79.9. The molecule has 0 atom stereocenters. The van der Waals surface area contributed by atoms with E-state index in [1.165, 1.54) is 16.0 Å². The molecule has 0 spiro atoms. The highest BCUT2D eigenvalue weighted by Crippen LogP contribution is 2.31. The number of halogens is 2. The molecule has 0 radical (unpaired) electrons. The molecule has 1 N–H and O–H groups in total. The highest BCUT2D eigenvalue weighted by molar-refractivity contribution is 9.10. The van der Waals surface area contributed by atoms with Gasteiger partial charge in [0.15, 0.2) is 0 Å². The molecule has 4 heteroatoms. The molecule has 0 heterocycles. The third kappa shape index (κ3) is 4.81.